The number of hydrogen-bond donors (Lipinski definition) is 0. The van der Waals surface area contributed by atoms with Gasteiger partial charge in [-0.3, -0.25) is 0 Å². The van der Waals surface area contributed by atoms with Gasteiger partial charge >= 0.3 is 0 Å². The van der Waals surface area contributed by atoms with E-state index in [-0.39, 0.29) is 0 Å². The van der Waals surface area contributed by atoms with E-state index in [9.17, 15) is 0 Å². The molecule has 0 nitrogen and oxygen atoms in total. The van der Waals surface area contributed by atoms with E-state index >= 15 is 0 Å². The molecule has 0 fully saturated rings. The highest BCUT2D eigenvalue weighted by molar-refractivity contribution is 5.26. The van der Waals surface area contributed by atoms with Crippen molar-refractivity contribution in [1.29, 1.82) is 0 Å². The second kappa shape index (κ2) is 3.08. The SMILES string of the molecule is C1=CCC2C=C(/C=C\1)CCC2. The predicted molar refractivity (Wildman–Crippen MR) is 48.3 cm³/mol. The zero-order chi connectivity index (χ0) is 7.52. The maximum absolute atomic E-state index is 2.45. The minimum atomic E-state index is 0.833. The first-order valence-electron chi connectivity index (χ1n) is 4.49. The van der Waals surface area contributed by atoms with Crippen LogP contribution < -0.4 is 0 Å². The highest BCUT2D eigenvalue weighted by Gasteiger charge is 2.11. The van der Waals surface area contributed by atoms with Crippen LogP contribution in [0.5, 0.6) is 0 Å². The summed E-state index contributed by atoms with van der Waals surface area (Å²) >= 11 is 0. The highest BCUT2D eigenvalue weighted by Crippen LogP contribution is 2.27. The van der Waals surface area contributed by atoms with Gasteiger partial charge in [-0.15, -0.1) is 0 Å². The third-order valence-electron chi connectivity index (χ3n) is 2.49. The second-order valence-electron chi connectivity index (χ2n) is 3.42. The molecule has 2 aliphatic rings. The maximum atomic E-state index is 2.45. The average Bonchev–Trinajstić information content (AvgIpc) is 2.02. The predicted octanol–water partition coefficient (Wildman–Crippen LogP) is 3.23. The molecule has 0 spiro atoms. The van der Waals surface area contributed by atoms with Crippen LogP contribution in [0.3, 0.4) is 0 Å². The summed E-state index contributed by atoms with van der Waals surface area (Å²) < 4.78 is 0. The Balaban J connectivity index is 2.23. The molecular formula is C11H14. The van der Waals surface area contributed by atoms with Crippen LogP contribution in [0.1, 0.15) is 25.7 Å². The number of rotatable bonds is 0. The van der Waals surface area contributed by atoms with Crippen molar-refractivity contribution >= 4 is 0 Å². The summed E-state index contributed by atoms with van der Waals surface area (Å²) in [5.41, 5.74) is 1.55. The topological polar surface area (TPSA) is 0 Å². The summed E-state index contributed by atoms with van der Waals surface area (Å²) in [7, 11) is 0. The van der Waals surface area contributed by atoms with E-state index in [1.807, 2.05) is 0 Å². The Hall–Kier alpha value is -0.780. The molecule has 0 aliphatic heterocycles. The van der Waals surface area contributed by atoms with Gasteiger partial charge in [-0.05, 0) is 31.6 Å². The van der Waals surface area contributed by atoms with Crippen molar-refractivity contribution in [2.45, 2.75) is 25.7 Å². The van der Waals surface area contributed by atoms with E-state index in [4.69, 9.17) is 0 Å². The fraction of sp³-hybridized carbons (Fsp3) is 0.455. The molecule has 2 rings (SSSR count). The van der Waals surface area contributed by atoms with Crippen LogP contribution in [0.4, 0.5) is 0 Å². The first-order chi connectivity index (χ1) is 5.45. The van der Waals surface area contributed by atoms with Crippen molar-refractivity contribution in [3.05, 3.63) is 36.0 Å². The molecule has 0 amide bonds. The lowest BCUT2D eigenvalue weighted by Gasteiger charge is -2.18. The molecule has 0 saturated heterocycles. The maximum Gasteiger partial charge on any atom is -0.0193 e. The van der Waals surface area contributed by atoms with Gasteiger partial charge in [0.15, 0.2) is 0 Å². The second-order valence-corrected chi connectivity index (χ2v) is 3.42. The molecule has 0 aromatic rings. The normalized spacial score (nSPS) is 32.0. The van der Waals surface area contributed by atoms with Crippen LogP contribution in [-0.4, -0.2) is 0 Å². The van der Waals surface area contributed by atoms with E-state index in [1.165, 1.54) is 25.7 Å². The summed E-state index contributed by atoms with van der Waals surface area (Å²) in [6.07, 6.45) is 16.6. The molecule has 0 heteroatoms. The van der Waals surface area contributed by atoms with Gasteiger partial charge in [0.05, 0.1) is 0 Å². The highest BCUT2D eigenvalue weighted by atomic mass is 14.2. The molecular weight excluding hydrogens is 132 g/mol. The van der Waals surface area contributed by atoms with E-state index in [2.05, 4.69) is 30.4 Å². The lowest BCUT2D eigenvalue weighted by atomic mass is 9.87. The molecule has 11 heavy (non-hydrogen) atoms. The van der Waals surface area contributed by atoms with Gasteiger partial charge in [0.25, 0.3) is 0 Å². The summed E-state index contributed by atoms with van der Waals surface area (Å²) in [6, 6.07) is 0. The molecule has 58 valence electrons. The van der Waals surface area contributed by atoms with Gasteiger partial charge in [-0.1, -0.05) is 36.0 Å². The van der Waals surface area contributed by atoms with Gasteiger partial charge < -0.3 is 0 Å². The molecule has 0 N–H and O–H groups in total. The van der Waals surface area contributed by atoms with Crippen LogP contribution in [0.25, 0.3) is 0 Å². The van der Waals surface area contributed by atoms with Crippen LogP contribution in [0, 0.1) is 5.92 Å². The van der Waals surface area contributed by atoms with Gasteiger partial charge in [0.1, 0.15) is 0 Å². The van der Waals surface area contributed by atoms with E-state index in [1.54, 1.807) is 5.57 Å². The largest absolute Gasteiger partial charge is 0.0840 e. The summed E-state index contributed by atoms with van der Waals surface area (Å²) in [4.78, 5) is 0. The summed E-state index contributed by atoms with van der Waals surface area (Å²) in [6.45, 7) is 0. The monoisotopic (exact) mass is 146 g/mol. The Labute approximate surface area is 68.3 Å². The minimum absolute atomic E-state index is 0.833. The summed E-state index contributed by atoms with van der Waals surface area (Å²) in [5.74, 6) is 0.833. The Kier molecular flexibility index (Phi) is 1.93. The lowest BCUT2D eigenvalue weighted by Crippen LogP contribution is -2.03. The number of hydrogen-bond acceptors (Lipinski definition) is 0. The van der Waals surface area contributed by atoms with Gasteiger partial charge in [-0.25, -0.2) is 0 Å². The smallest absolute Gasteiger partial charge is 0.0193 e. The van der Waals surface area contributed by atoms with Crippen LogP contribution in [-0.2, 0) is 0 Å². The molecule has 1 atom stereocenters. The third kappa shape index (κ3) is 1.62. The third-order valence-corrected chi connectivity index (χ3v) is 2.49. The Bertz CT molecular complexity index is 218. The Morgan fingerprint density at radius 2 is 2.27 bits per heavy atom. The van der Waals surface area contributed by atoms with E-state index in [0.717, 1.165) is 5.92 Å². The van der Waals surface area contributed by atoms with E-state index in [0.29, 0.717) is 0 Å². The van der Waals surface area contributed by atoms with Crippen LogP contribution in [0.15, 0.2) is 36.0 Å². The van der Waals surface area contributed by atoms with Crippen molar-refractivity contribution in [1.82, 2.24) is 0 Å². The molecule has 0 saturated carbocycles. The van der Waals surface area contributed by atoms with Crippen molar-refractivity contribution in [3.8, 4) is 0 Å². The molecule has 0 radical (unpaired) electrons. The Morgan fingerprint density at radius 3 is 3.27 bits per heavy atom. The lowest BCUT2D eigenvalue weighted by molar-refractivity contribution is 0.537. The average molecular weight is 146 g/mol. The van der Waals surface area contributed by atoms with Gasteiger partial charge in [-0.2, -0.15) is 0 Å². The minimum Gasteiger partial charge on any atom is -0.0840 e. The van der Waals surface area contributed by atoms with Crippen LogP contribution >= 0.6 is 0 Å². The van der Waals surface area contributed by atoms with Gasteiger partial charge in [0, 0.05) is 0 Å². The van der Waals surface area contributed by atoms with Crippen molar-refractivity contribution in [2.75, 3.05) is 0 Å². The first kappa shape index (κ1) is 6.90. The quantitative estimate of drug-likeness (QED) is 0.492. The number of fused-ring (bicyclic) bond motifs is 1. The number of allylic oxidation sites excluding steroid dienone is 6. The standard InChI is InChI=1S/C11H14/c1-2-5-10-7-4-8-11(9-10)6-3-1/h1-3,5,9,11H,4,6-8H2/b3-1?,5-2-. The Morgan fingerprint density at radius 1 is 1.27 bits per heavy atom. The van der Waals surface area contributed by atoms with Crippen LogP contribution in [0.2, 0.25) is 0 Å². The molecule has 0 heterocycles. The van der Waals surface area contributed by atoms with Gasteiger partial charge in [0.2, 0.25) is 0 Å². The summed E-state index contributed by atoms with van der Waals surface area (Å²) in [5, 5.41) is 0. The van der Waals surface area contributed by atoms with E-state index < -0.39 is 0 Å². The van der Waals surface area contributed by atoms with Crippen molar-refractivity contribution < 1.29 is 0 Å². The molecule has 0 aromatic carbocycles. The molecule has 2 aliphatic carbocycles. The first-order valence-corrected chi connectivity index (χ1v) is 4.49. The fourth-order valence-electron chi connectivity index (χ4n) is 1.87. The molecule has 2 bridgehead atoms. The fourth-order valence-corrected chi connectivity index (χ4v) is 1.87. The molecule has 0 aromatic heterocycles. The zero-order valence-corrected chi connectivity index (χ0v) is 6.79. The van der Waals surface area contributed by atoms with Crippen molar-refractivity contribution in [2.24, 2.45) is 5.92 Å². The van der Waals surface area contributed by atoms with Crippen molar-refractivity contribution in [3.63, 3.8) is 0 Å². The molecule has 1 unspecified atom stereocenters. The zero-order valence-electron chi connectivity index (χ0n) is 6.79.